The van der Waals surface area contributed by atoms with Gasteiger partial charge in [0.15, 0.2) is 0 Å². The van der Waals surface area contributed by atoms with Gasteiger partial charge in [0.05, 0.1) is 0 Å². The minimum Gasteiger partial charge on any atom is -0.374 e. The van der Waals surface area contributed by atoms with Crippen molar-refractivity contribution < 1.29 is 9.59 Å². The molecule has 2 amide bonds. The highest BCUT2D eigenvalue weighted by atomic mass is 35.5. The molecule has 0 saturated carbocycles. The van der Waals surface area contributed by atoms with Crippen LogP contribution in [0.2, 0.25) is 5.02 Å². The molecule has 0 aliphatic heterocycles. The van der Waals surface area contributed by atoms with Gasteiger partial charge in [0.1, 0.15) is 6.04 Å². The molecular weight excluding hydrogens is 314 g/mol. The van der Waals surface area contributed by atoms with E-state index in [4.69, 9.17) is 17.3 Å². The molecule has 4 N–H and O–H groups in total. The standard InChI is InChI=1S/C17H18ClN3O2/c1-10-14(18)4-3-5-15(10)20-11(2)17(23)21-13-8-6-12(7-9-13)16(19)22/h3-9,11,20H,1-2H3,(H2,19,22)(H,21,23). The summed E-state index contributed by atoms with van der Waals surface area (Å²) in [7, 11) is 0. The van der Waals surface area contributed by atoms with Crippen molar-refractivity contribution in [1.82, 2.24) is 0 Å². The molecule has 0 spiro atoms. The van der Waals surface area contributed by atoms with E-state index in [1.54, 1.807) is 37.3 Å². The minimum absolute atomic E-state index is 0.198. The molecule has 1 atom stereocenters. The van der Waals surface area contributed by atoms with Crippen LogP contribution in [-0.4, -0.2) is 17.9 Å². The SMILES string of the molecule is Cc1c(Cl)cccc1NC(C)C(=O)Nc1ccc(C(N)=O)cc1. The summed E-state index contributed by atoms with van der Waals surface area (Å²) in [5.41, 5.74) is 7.86. The normalized spacial score (nSPS) is 11.6. The number of anilines is 2. The number of hydrogen-bond acceptors (Lipinski definition) is 3. The van der Waals surface area contributed by atoms with Crippen LogP contribution in [0.5, 0.6) is 0 Å². The highest BCUT2D eigenvalue weighted by Crippen LogP contribution is 2.23. The summed E-state index contributed by atoms with van der Waals surface area (Å²) in [5.74, 6) is -0.703. The summed E-state index contributed by atoms with van der Waals surface area (Å²) >= 11 is 6.07. The molecule has 0 radical (unpaired) electrons. The number of nitrogens with one attached hydrogen (secondary N) is 2. The second-order valence-electron chi connectivity index (χ2n) is 5.21. The predicted octanol–water partition coefficient (Wildman–Crippen LogP) is 3.19. The van der Waals surface area contributed by atoms with Crippen LogP contribution in [0.3, 0.4) is 0 Å². The highest BCUT2D eigenvalue weighted by molar-refractivity contribution is 6.31. The number of benzene rings is 2. The molecular formula is C17H18ClN3O2. The average Bonchev–Trinajstić information content (AvgIpc) is 2.52. The zero-order chi connectivity index (χ0) is 17.0. The molecule has 0 heterocycles. The lowest BCUT2D eigenvalue weighted by Crippen LogP contribution is -2.32. The third kappa shape index (κ3) is 4.23. The van der Waals surface area contributed by atoms with E-state index in [-0.39, 0.29) is 5.91 Å². The van der Waals surface area contributed by atoms with Crippen LogP contribution in [0.1, 0.15) is 22.8 Å². The van der Waals surface area contributed by atoms with E-state index in [1.807, 2.05) is 19.1 Å². The zero-order valence-electron chi connectivity index (χ0n) is 12.9. The van der Waals surface area contributed by atoms with Crippen molar-refractivity contribution in [1.29, 1.82) is 0 Å². The first-order valence-corrected chi connectivity index (χ1v) is 7.48. The lowest BCUT2D eigenvalue weighted by atomic mass is 10.1. The molecule has 0 aliphatic carbocycles. The third-order valence-electron chi connectivity index (χ3n) is 3.47. The Bertz CT molecular complexity index is 729. The van der Waals surface area contributed by atoms with Crippen molar-refractivity contribution >= 4 is 34.8 Å². The first-order valence-electron chi connectivity index (χ1n) is 7.11. The summed E-state index contributed by atoms with van der Waals surface area (Å²) in [6.45, 7) is 3.64. The lowest BCUT2D eigenvalue weighted by molar-refractivity contribution is -0.116. The molecule has 0 aromatic heterocycles. The molecule has 1 unspecified atom stereocenters. The van der Waals surface area contributed by atoms with Crippen LogP contribution in [0.15, 0.2) is 42.5 Å². The number of nitrogens with two attached hydrogens (primary N) is 1. The van der Waals surface area contributed by atoms with Crippen molar-refractivity contribution in [2.24, 2.45) is 5.73 Å². The molecule has 23 heavy (non-hydrogen) atoms. The van der Waals surface area contributed by atoms with Gasteiger partial charge in [-0.25, -0.2) is 0 Å². The second kappa shape index (κ2) is 7.15. The van der Waals surface area contributed by atoms with E-state index in [1.165, 1.54) is 0 Å². The van der Waals surface area contributed by atoms with Gasteiger partial charge >= 0.3 is 0 Å². The Balaban J connectivity index is 2.02. The monoisotopic (exact) mass is 331 g/mol. The van der Waals surface area contributed by atoms with Crippen molar-refractivity contribution in [2.75, 3.05) is 10.6 Å². The number of rotatable bonds is 5. The fourth-order valence-electron chi connectivity index (χ4n) is 2.03. The highest BCUT2D eigenvalue weighted by Gasteiger charge is 2.14. The number of carbonyl (C=O) groups excluding carboxylic acids is 2. The quantitative estimate of drug-likeness (QED) is 0.786. The smallest absolute Gasteiger partial charge is 0.248 e. The van der Waals surface area contributed by atoms with Gasteiger partial charge in [-0.3, -0.25) is 9.59 Å². The maximum atomic E-state index is 12.2. The van der Waals surface area contributed by atoms with Crippen LogP contribution in [0, 0.1) is 6.92 Å². The Hall–Kier alpha value is -2.53. The van der Waals surface area contributed by atoms with Gasteiger partial charge in [0.2, 0.25) is 11.8 Å². The Labute approximate surface area is 139 Å². The first kappa shape index (κ1) is 16.8. The molecule has 0 bridgehead atoms. The molecule has 0 aliphatic rings. The topological polar surface area (TPSA) is 84.2 Å². The van der Waals surface area contributed by atoms with Crippen LogP contribution in [-0.2, 0) is 4.79 Å². The Morgan fingerprint density at radius 1 is 1.13 bits per heavy atom. The van der Waals surface area contributed by atoms with E-state index in [9.17, 15) is 9.59 Å². The minimum atomic E-state index is -0.505. The Morgan fingerprint density at radius 3 is 2.39 bits per heavy atom. The van der Waals surface area contributed by atoms with Gasteiger partial charge < -0.3 is 16.4 Å². The molecule has 5 nitrogen and oxygen atoms in total. The average molecular weight is 332 g/mol. The number of hydrogen-bond donors (Lipinski definition) is 3. The molecule has 120 valence electrons. The predicted molar refractivity (Wildman–Crippen MR) is 92.9 cm³/mol. The molecule has 0 fully saturated rings. The largest absolute Gasteiger partial charge is 0.374 e. The lowest BCUT2D eigenvalue weighted by Gasteiger charge is -2.17. The van der Waals surface area contributed by atoms with Gasteiger partial charge in [0, 0.05) is 22.0 Å². The van der Waals surface area contributed by atoms with Crippen molar-refractivity contribution in [3.8, 4) is 0 Å². The number of primary amides is 1. The summed E-state index contributed by atoms with van der Waals surface area (Å²) in [5, 5.41) is 6.55. The fourth-order valence-corrected chi connectivity index (χ4v) is 2.21. The first-order chi connectivity index (χ1) is 10.9. The second-order valence-corrected chi connectivity index (χ2v) is 5.62. The fraction of sp³-hybridized carbons (Fsp3) is 0.176. The van der Waals surface area contributed by atoms with Gasteiger partial charge in [-0.05, 0) is 55.8 Å². The molecule has 2 rings (SSSR count). The Kier molecular flexibility index (Phi) is 5.24. The molecule has 2 aromatic carbocycles. The van der Waals surface area contributed by atoms with Gasteiger partial charge in [-0.15, -0.1) is 0 Å². The summed E-state index contributed by atoms with van der Waals surface area (Å²) in [6.07, 6.45) is 0. The summed E-state index contributed by atoms with van der Waals surface area (Å²) in [6, 6.07) is 11.4. The van der Waals surface area contributed by atoms with E-state index < -0.39 is 11.9 Å². The zero-order valence-corrected chi connectivity index (χ0v) is 13.6. The molecule has 2 aromatic rings. The van der Waals surface area contributed by atoms with Gasteiger partial charge in [0.25, 0.3) is 0 Å². The van der Waals surface area contributed by atoms with E-state index >= 15 is 0 Å². The van der Waals surface area contributed by atoms with E-state index in [0.717, 1.165) is 11.3 Å². The number of halogens is 1. The number of carbonyl (C=O) groups is 2. The third-order valence-corrected chi connectivity index (χ3v) is 3.88. The van der Waals surface area contributed by atoms with Crippen LogP contribution in [0.4, 0.5) is 11.4 Å². The van der Waals surface area contributed by atoms with E-state index in [0.29, 0.717) is 16.3 Å². The van der Waals surface area contributed by atoms with Crippen LogP contribution >= 0.6 is 11.6 Å². The molecule has 6 heteroatoms. The van der Waals surface area contributed by atoms with Gasteiger partial charge in [-0.2, -0.15) is 0 Å². The van der Waals surface area contributed by atoms with Crippen LogP contribution < -0.4 is 16.4 Å². The maximum Gasteiger partial charge on any atom is 0.248 e. The Morgan fingerprint density at radius 2 is 1.78 bits per heavy atom. The van der Waals surface area contributed by atoms with Crippen molar-refractivity contribution in [3.05, 3.63) is 58.6 Å². The number of amides is 2. The molecule has 0 saturated heterocycles. The van der Waals surface area contributed by atoms with Crippen molar-refractivity contribution in [2.45, 2.75) is 19.9 Å². The summed E-state index contributed by atoms with van der Waals surface area (Å²) in [4.78, 5) is 23.3. The maximum absolute atomic E-state index is 12.2. The van der Waals surface area contributed by atoms with Crippen LogP contribution in [0.25, 0.3) is 0 Å². The van der Waals surface area contributed by atoms with E-state index in [2.05, 4.69) is 10.6 Å². The summed E-state index contributed by atoms with van der Waals surface area (Å²) < 4.78 is 0. The van der Waals surface area contributed by atoms with Gasteiger partial charge in [-0.1, -0.05) is 17.7 Å². The van der Waals surface area contributed by atoms with Crippen molar-refractivity contribution in [3.63, 3.8) is 0 Å².